The maximum absolute atomic E-state index is 12.3. The first kappa shape index (κ1) is 13.9. The second-order valence-electron chi connectivity index (χ2n) is 6.18. The Balaban J connectivity index is 1.76. The van der Waals surface area contributed by atoms with Crippen molar-refractivity contribution in [1.82, 2.24) is 10.2 Å². The molecule has 0 saturated carbocycles. The molecule has 0 aromatic carbocycles. The lowest BCUT2D eigenvalue weighted by Gasteiger charge is -2.38. The van der Waals surface area contributed by atoms with E-state index in [1.807, 2.05) is 0 Å². The molecule has 3 nitrogen and oxygen atoms in total. The SMILES string of the molecule is CC1CCCN(C(=O)CCC2CCNCC2)C1C. The number of hydrogen-bond donors (Lipinski definition) is 1. The summed E-state index contributed by atoms with van der Waals surface area (Å²) in [7, 11) is 0. The van der Waals surface area contributed by atoms with Crippen molar-refractivity contribution in [3.05, 3.63) is 0 Å². The summed E-state index contributed by atoms with van der Waals surface area (Å²) in [5.41, 5.74) is 0. The number of carbonyl (C=O) groups is 1. The van der Waals surface area contributed by atoms with Crippen LogP contribution in [0, 0.1) is 11.8 Å². The van der Waals surface area contributed by atoms with Gasteiger partial charge in [-0.2, -0.15) is 0 Å². The van der Waals surface area contributed by atoms with E-state index in [1.165, 1.54) is 25.7 Å². The van der Waals surface area contributed by atoms with E-state index in [4.69, 9.17) is 0 Å². The van der Waals surface area contributed by atoms with Gasteiger partial charge >= 0.3 is 0 Å². The molecule has 2 rings (SSSR count). The van der Waals surface area contributed by atoms with E-state index in [2.05, 4.69) is 24.1 Å². The van der Waals surface area contributed by atoms with Gasteiger partial charge in [-0.15, -0.1) is 0 Å². The topological polar surface area (TPSA) is 32.3 Å². The zero-order valence-electron chi connectivity index (χ0n) is 12.0. The molecule has 2 atom stereocenters. The minimum absolute atomic E-state index is 0.396. The van der Waals surface area contributed by atoms with Crippen LogP contribution >= 0.6 is 0 Å². The average molecular weight is 252 g/mol. The van der Waals surface area contributed by atoms with E-state index in [-0.39, 0.29) is 0 Å². The highest BCUT2D eigenvalue weighted by molar-refractivity contribution is 5.76. The van der Waals surface area contributed by atoms with Crippen LogP contribution in [0.2, 0.25) is 0 Å². The van der Waals surface area contributed by atoms with Crippen molar-refractivity contribution in [1.29, 1.82) is 0 Å². The van der Waals surface area contributed by atoms with Crippen molar-refractivity contribution in [3.8, 4) is 0 Å². The molecule has 2 saturated heterocycles. The minimum atomic E-state index is 0.396. The number of amides is 1. The monoisotopic (exact) mass is 252 g/mol. The molecule has 0 spiro atoms. The van der Waals surface area contributed by atoms with Crippen LogP contribution in [-0.2, 0) is 4.79 Å². The highest BCUT2D eigenvalue weighted by Crippen LogP contribution is 2.25. The van der Waals surface area contributed by atoms with E-state index in [0.29, 0.717) is 17.9 Å². The second kappa shape index (κ2) is 6.55. The van der Waals surface area contributed by atoms with Crippen LogP contribution in [0.1, 0.15) is 52.4 Å². The van der Waals surface area contributed by atoms with Crippen molar-refractivity contribution in [2.24, 2.45) is 11.8 Å². The molecule has 104 valence electrons. The molecular formula is C15H28N2O. The summed E-state index contributed by atoms with van der Waals surface area (Å²) < 4.78 is 0. The molecule has 2 aliphatic rings. The van der Waals surface area contributed by atoms with Gasteiger partial charge in [0.05, 0.1) is 0 Å². The number of rotatable bonds is 3. The van der Waals surface area contributed by atoms with Gasteiger partial charge in [0.25, 0.3) is 0 Å². The summed E-state index contributed by atoms with van der Waals surface area (Å²) in [6.45, 7) is 7.74. The smallest absolute Gasteiger partial charge is 0.222 e. The Morgan fingerprint density at radius 1 is 1.22 bits per heavy atom. The van der Waals surface area contributed by atoms with E-state index in [1.54, 1.807) is 0 Å². The molecule has 0 bridgehead atoms. The highest BCUT2D eigenvalue weighted by atomic mass is 16.2. The average Bonchev–Trinajstić information content (AvgIpc) is 2.40. The fourth-order valence-corrected chi connectivity index (χ4v) is 3.33. The molecule has 0 aromatic heterocycles. The zero-order chi connectivity index (χ0) is 13.0. The summed E-state index contributed by atoms with van der Waals surface area (Å²) in [5, 5.41) is 3.38. The highest BCUT2D eigenvalue weighted by Gasteiger charge is 2.28. The predicted octanol–water partition coefficient (Wildman–Crippen LogP) is 2.41. The molecule has 0 aromatic rings. The van der Waals surface area contributed by atoms with Crippen LogP contribution in [0.3, 0.4) is 0 Å². The van der Waals surface area contributed by atoms with Gasteiger partial charge < -0.3 is 10.2 Å². The van der Waals surface area contributed by atoms with E-state index >= 15 is 0 Å². The van der Waals surface area contributed by atoms with E-state index in [9.17, 15) is 4.79 Å². The van der Waals surface area contributed by atoms with Crippen molar-refractivity contribution >= 4 is 5.91 Å². The van der Waals surface area contributed by atoms with Gasteiger partial charge in [-0.25, -0.2) is 0 Å². The summed E-state index contributed by atoms with van der Waals surface area (Å²) >= 11 is 0. The van der Waals surface area contributed by atoms with Crippen molar-refractivity contribution < 1.29 is 4.79 Å². The normalized spacial score (nSPS) is 30.4. The van der Waals surface area contributed by atoms with Gasteiger partial charge in [0.2, 0.25) is 5.91 Å². The van der Waals surface area contributed by atoms with Crippen molar-refractivity contribution in [2.45, 2.75) is 58.4 Å². The number of hydrogen-bond acceptors (Lipinski definition) is 2. The molecule has 0 radical (unpaired) electrons. The van der Waals surface area contributed by atoms with Gasteiger partial charge in [-0.3, -0.25) is 4.79 Å². The number of piperidine rings is 2. The number of nitrogens with zero attached hydrogens (tertiary/aromatic N) is 1. The first-order valence-electron chi connectivity index (χ1n) is 7.68. The van der Waals surface area contributed by atoms with Gasteiger partial charge in [0.15, 0.2) is 0 Å². The summed E-state index contributed by atoms with van der Waals surface area (Å²) in [4.78, 5) is 14.4. The van der Waals surface area contributed by atoms with Gasteiger partial charge in [0.1, 0.15) is 0 Å². The molecule has 1 amide bonds. The Hall–Kier alpha value is -0.570. The summed E-state index contributed by atoms with van der Waals surface area (Å²) in [5.74, 6) is 1.84. The van der Waals surface area contributed by atoms with Crippen LogP contribution in [0.4, 0.5) is 0 Å². The number of nitrogens with one attached hydrogen (secondary N) is 1. The fourth-order valence-electron chi connectivity index (χ4n) is 3.33. The van der Waals surface area contributed by atoms with E-state index in [0.717, 1.165) is 38.4 Å². The van der Waals surface area contributed by atoms with Crippen molar-refractivity contribution in [2.75, 3.05) is 19.6 Å². The predicted molar refractivity (Wildman–Crippen MR) is 74.4 cm³/mol. The Labute approximate surface area is 111 Å². The van der Waals surface area contributed by atoms with E-state index < -0.39 is 0 Å². The lowest BCUT2D eigenvalue weighted by molar-refractivity contribution is -0.136. The Bertz CT molecular complexity index is 274. The van der Waals surface area contributed by atoms with Gasteiger partial charge in [0, 0.05) is 19.0 Å². The van der Waals surface area contributed by atoms with Crippen LogP contribution in [-0.4, -0.2) is 36.5 Å². The molecule has 2 fully saturated rings. The Kier molecular flexibility index (Phi) is 5.04. The molecule has 3 heteroatoms. The molecule has 2 heterocycles. The minimum Gasteiger partial charge on any atom is -0.340 e. The quantitative estimate of drug-likeness (QED) is 0.836. The fraction of sp³-hybridized carbons (Fsp3) is 0.933. The van der Waals surface area contributed by atoms with Gasteiger partial charge in [-0.05, 0) is 64.0 Å². The largest absolute Gasteiger partial charge is 0.340 e. The lowest BCUT2D eigenvalue weighted by Crippen LogP contribution is -2.46. The Morgan fingerprint density at radius 2 is 1.94 bits per heavy atom. The maximum atomic E-state index is 12.3. The van der Waals surface area contributed by atoms with Crippen LogP contribution < -0.4 is 5.32 Å². The third-order valence-electron chi connectivity index (χ3n) is 4.92. The number of carbonyl (C=O) groups excluding carboxylic acids is 1. The lowest BCUT2D eigenvalue weighted by atomic mass is 9.90. The molecule has 2 aliphatic heterocycles. The summed E-state index contributed by atoms with van der Waals surface area (Å²) in [6.07, 6.45) is 6.82. The second-order valence-corrected chi connectivity index (χ2v) is 6.18. The maximum Gasteiger partial charge on any atom is 0.222 e. The van der Waals surface area contributed by atoms with Crippen LogP contribution in [0.5, 0.6) is 0 Å². The van der Waals surface area contributed by atoms with Gasteiger partial charge in [-0.1, -0.05) is 6.92 Å². The van der Waals surface area contributed by atoms with Crippen LogP contribution in [0.15, 0.2) is 0 Å². The standard InChI is InChI=1S/C15H28N2O/c1-12-4-3-11-17(13(12)2)15(18)6-5-14-7-9-16-10-8-14/h12-14,16H,3-11H2,1-2H3. The molecule has 0 aliphatic carbocycles. The first-order valence-corrected chi connectivity index (χ1v) is 7.68. The molecular weight excluding hydrogens is 224 g/mol. The first-order chi connectivity index (χ1) is 8.68. The number of likely N-dealkylation sites (tertiary alicyclic amines) is 1. The molecule has 18 heavy (non-hydrogen) atoms. The molecule has 2 unspecified atom stereocenters. The Morgan fingerprint density at radius 3 is 2.67 bits per heavy atom. The van der Waals surface area contributed by atoms with Crippen molar-refractivity contribution in [3.63, 3.8) is 0 Å². The molecule has 1 N–H and O–H groups in total. The summed E-state index contributed by atoms with van der Waals surface area (Å²) in [6, 6.07) is 0.444. The zero-order valence-corrected chi connectivity index (χ0v) is 12.0. The van der Waals surface area contributed by atoms with Crippen LogP contribution in [0.25, 0.3) is 0 Å². The third kappa shape index (κ3) is 3.47. The third-order valence-corrected chi connectivity index (χ3v) is 4.92.